The summed E-state index contributed by atoms with van der Waals surface area (Å²) >= 11 is 11.7. The van der Waals surface area contributed by atoms with E-state index in [0.29, 0.717) is 19.3 Å². The van der Waals surface area contributed by atoms with Crippen molar-refractivity contribution in [1.82, 2.24) is 0 Å². The van der Waals surface area contributed by atoms with Crippen LogP contribution in [-0.4, -0.2) is 35.4 Å². The molecule has 1 aromatic carbocycles. The molecule has 4 rings (SSSR count). The maximum atomic E-state index is 14.9. The fourth-order valence-electron chi connectivity index (χ4n) is 5.03. The van der Waals surface area contributed by atoms with Gasteiger partial charge in [-0.15, -0.1) is 0 Å². The van der Waals surface area contributed by atoms with Crippen LogP contribution in [0, 0.1) is 28.6 Å². The standard InChI is InChI=1S/C26H26Cl2F3NO6/c1-14(27)36-21(35)38-24(26(29,30)31,10-9-15-5-6-15)17-13-16(28)7-8-18(17)32-19(33)25-12-11-23(4,20(34)37-25)22(25,2)3/h7-8,13-15H,5-6,11-12H2,1-4H3,(H,32,33)/t14?,23-,24?,25+/m0/s1. The summed E-state index contributed by atoms with van der Waals surface area (Å²) in [5.74, 6) is 2.91. The number of rotatable bonds is 5. The highest BCUT2D eigenvalue weighted by Gasteiger charge is 2.75. The minimum absolute atomic E-state index is 0.137. The molecule has 0 aromatic heterocycles. The summed E-state index contributed by atoms with van der Waals surface area (Å²) in [4.78, 5) is 38.7. The highest BCUT2D eigenvalue weighted by atomic mass is 35.5. The van der Waals surface area contributed by atoms with Crippen molar-refractivity contribution >= 4 is 46.9 Å². The van der Waals surface area contributed by atoms with Crippen LogP contribution in [0.3, 0.4) is 0 Å². The molecular formula is C26H26Cl2F3NO6. The van der Waals surface area contributed by atoms with Gasteiger partial charge < -0.3 is 19.5 Å². The molecule has 0 spiro atoms. The first-order valence-corrected chi connectivity index (χ1v) is 12.8. The SMILES string of the molecule is CC(Cl)OC(=O)OC(C#CC1CC1)(c1cc(Cl)ccc1NC(=O)[C@@]12CC[C@@](C)(C(=O)O1)C2(C)C)C(F)(F)F. The third-order valence-electron chi connectivity index (χ3n) is 7.98. The summed E-state index contributed by atoms with van der Waals surface area (Å²) in [5, 5.41) is 2.35. The van der Waals surface area contributed by atoms with Gasteiger partial charge in [-0.1, -0.05) is 43.0 Å². The molecule has 2 aliphatic carbocycles. The fraction of sp³-hybridized carbons (Fsp3) is 0.577. The normalized spacial score (nSPS) is 27.9. The summed E-state index contributed by atoms with van der Waals surface area (Å²) < 4.78 is 59.6. The van der Waals surface area contributed by atoms with Gasteiger partial charge in [-0.2, -0.15) is 13.2 Å². The number of anilines is 1. The second kappa shape index (κ2) is 9.23. The van der Waals surface area contributed by atoms with Crippen molar-refractivity contribution in [2.45, 2.75) is 76.3 Å². The quantitative estimate of drug-likeness (QED) is 0.251. The first-order chi connectivity index (χ1) is 17.5. The van der Waals surface area contributed by atoms with Gasteiger partial charge in [0.15, 0.2) is 11.2 Å². The Morgan fingerprint density at radius 1 is 1.21 bits per heavy atom. The van der Waals surface area contributed by atoms with E-state index in [2.05, 4.69) is 21.9 Å². The lowest BCUT2D eigenvalue weighted by Crippen LogP contribution is -2.51. The molecule has 1 saturated heterocycles. The molecule has 1 amide bonds. The van der Waals surface area contributed by atoms with Crippen LogP contribution in [-0.2, 0) is 29.4 Å². The van der Waals surface area contributed by atoms with Crippen LogP contribution in [0.5, 0.6) is 0 Å². The Labute approximate surface area is 227 Å². The molecule has 2 unspecified atom stereocenters. The predicted molar refractivity (Wildman–Crippen MR) is 131 cm³/mol. The topological polar surface area (TPSA) is 90.9 Å². The summed E-state index contributed by atoms with van der Waals surface area (Å²) in [7, 11) is 0. The van der Waals surface area contributed by atoms with Crippen molar-refractivity contribution in [3.05, 3.63) is 28.8 Å². The summed E-state index contributed by atoms with van der Waals surface area (Å²) in [6, 6.07) is 3.31. The van der Waals surface area contributed by atoms with E-state index >= 15 is 0 Å². The Bertz CT molecular complexity index is 1250. The Kier molecular flexibility index (Phi) is 6.89. The van der Waals surface area contributed by atoms with Crippen LogP contribution in [0.4, 0.5) is 23.7 Å². The first-order valence-electron chi connectivity index (χ1n) is 12.0. The molecule has 2 bridgehead atoms. The van der Waals surface area contributed by atoms with Gasteiger partial charge in [0.2, 0.25) is 0 Å². The van der Waals surface area contributed by atoms with E-state index < -0.39 is 57.4 Å². The molecule has 2 saturated carbocycles. The number of hydrogen-bond donors (Lipinski definition) is 1. The zero-order chi connectivity index (χ0) is 28.3. The van der Waals surface area contributed by atoms with E-state index in [0.717, 1.165) is 12.1 Å². The van der Waals surface area contributed by atoms with Gasteiger partial charge in [0.25, 0.3) is 11.5 Å². The lowest BCUT2D eigenvalue weighted by atomic mass is 9.66. The molecule has 12 heteroatoms. The van der Waals surface area contributed by atoms with E-state index in [-0.39, 0.29) is 23.0 Å². The number of ether oxygens (including phenoxy) is 3. The van der Waals surface area contributed by atoms with Crippen molar-refractivity contribution in [2.24, 2.45) is 16.7 Å². The van der Waals surface area contributed by atoms with Crippen LogP contribution >= 0.6 is 23.2 Å². The van der Waals surface area contributed by atoms with E-state index in [4.69, 9.17) is 32.7 Å². The van der Waals surface area contributed by atoms with E-state index in [1.807, 2.05) is 0 Å². The Balaban J connectivity index is 1.83. The number of carbonyl (C=O) groups excluding carboxylic acids is 3. The van der Waals surface area contributed by atoms with Crippen molar-refractivity contribution in [3.8, 4) is 11.8 Å². The van der Waals surface area contributed by atoms with Crippen molar-refractivity contribution in [1.29, 1.82) is 0 Å². The van der Waals surface area contributed by atoms with Gasteiger partial charge >= 0.3 is 18.3 Å². The molecule has 7 nitrogen and oxygen atoms in total. The minimum Gasteiger partial charge on any atom is -0.448 e. The number of fused-ring (bicyclic) bond motifs is 2. The third-order valence-corrected chi connectivity index (χ3v) is 8.31. The molecule has 38 heavy (non-hydrogen) atoms. The summed E-state index contributed by atoms with van der Waals surface area (Å²) in [6.07, 6.45) is -5.29. The number of nitrogens with one attached hydrogen (secondary N) is 1. The van der Waals surface area contributed by atoms with Gasteiger partial charge in [-0.05, 0) is 63.7 Å². The number of esters is 1. The highest BCUT2D eigenvalue weighted by Crippen LogP contribution is 2.65. The van der Waals surface area contributed by atoms with E-state index in [1.165, 1.54) is 13.0 Å². The molecule has 1 heterocycles. The second-order valence-electron chi connectivity index (χ2n) is 10.6. The number of carbonyl (C=O) groups is 3. The van der Waals surface area contributed by atoms with Crippen molar-refractivity contribution in [2.75, 3.05) is 5.32 Å². The lowest BCUT2D eigenvalue weighted by molar-refractivity contribution is -0.245. The molecule has 1 aliphatic heterocycles. The van der Waals surface area contributed by atoms with Crippen molar-refractivity contribution in [3.63, 3.8) is 0 Å². The van der Waals surface area contributed by atoms with Gasteiger partial charge in [-0.25, -0.2) is 4.79 Å². The maximum Gasteiger partial charge on any atom is 0.511 e. The number of halogens is 5. The smallest absolute Gasteiger partial charge is 0.448 e. The van der Waals surface area contributed by atoms with Gasteiger partial charge in [0.1, 0.15) is 0 Å². The molecule has 0 radical (unpaired) electrons. The zero-order valence-electron chi connectivity index (χ0n) is 21.1. The van der Waals surface area contributed by atoms with E-state index in [1.54, 1.807) is 20.8 Å². The zero-order valence-corrected chi connectivity index (χ0v) is 22.6. The summed E-state index contributed by atoms with van der Waals surface area (Å²) in [6.45, 7) is 6.34. The van der Waals surface area contributed by atoms with Gasteiger partial charge in [0, 0.05) is 27.6 Å². The molecule has 4 atom stereocenters. The Morgan fingerprint density at radius 2 is 1.87 bits per heavy atom. The van der Waals surface area contributed by atoms with Crippen LogP contribution in [0.25, 0.3) is 0 Å². The second-order valence-corrected chi connectivity index (χ2v) is 11.6. The number of benzene rings is 1. The van der Waals surface area contributed by atoms with Gasteiger partial charge in [0.05, 0.1) is 5.41 Å². The van der Waals surface area contributed by atoms with Crippen LogP contribution < -0.4 is 5.32 Å². The number of hydrogen-bond acceptors (Lipinski definition) is 6. The summed E-state index contributed by atoms with van der Waals surface area (Å²) in [5.41, 5.74) is -9.49. The Morgan fingerprint density at radius 3 is 2.37 bits per heavy atom. The fourth-order valence-corrected chi connectivity index (χ4v) is 5.27. The maximum absolute atomic E-state index is 14.9. The number of amides is 1. The van der Waals surface area contributed by atoms with Crippen molar-refractivity contribution < 1.29 is 41.8 Å². The van der Waals surface area contributed by atoms with Crippen LogP contribution in [0.15, 0.2) is 18.2 Å². The van der Waals surface area contributed by atoms with Crippen LogP contribution in [0.2, 0.25) is 5.02 Å². The minimum atomic E-state index is -5.29. The average Bonchev–Trinajstić information content (AvgIpc) is 3.57. The lowest BCUT2D eigenvalue weighted by Gasteiger charge is -2.36. The third kappa shape index (κ3) is 4.37. The number of alkyl halides is 4. The Hall–Kier alpha value is -2.64. The predicted octanol–water partition coefficient (Wildman–Crippen LogP) is 6.31. The largest absolute Gasteiger partial charge is 0.511 e. The van der Waals surface area contributed by atoms with E-state index in [9.17, 15) is 27.6 Å². The highest BCUT2D eigenvalue weighted by molar-refractivity contribution is 6.30. The molecule has 3 fully saturated rings. The molecule has 3 aliphatic rings. The van der Waals surface area contributed by atoms with Crippen LogP contribution in [0.1, 0.15) is 58.9 Å². The monoisotopic (exact) mass is 575 g/mol. The molecule has 1 aromatic rings. The molecular weight excluding hydrogens is 550 g/mol. The van der Waals surface area contributed by atoms with Gasteiger partial charge in [-0.3, -0.25) is 9.59 Å². The first kappa shape index (κ1) is 28.4. The average molecular weight is 576 g/mol. The molecule has 206 valence electrons. The molecule has 1 N–H and O–H groups in total.